The van der Waals surface area contributed by atoms with Gasteiger partial charge < -0.3 is 10.1 Å². The molecule has 0 bridgehead atoms. The zero-order valence-corrected chi connectivity index (χ0v) is 21.3. The number of hydrogen-bond acceptors (Lipinski definition) is 6. The fraction of sp³-hybridized carbons (Fsp3) is 0.185. The van der Waals surface area contributed by atoms with E-state index in [1.165, 1.54) is 23.9 Å². The Bertz CT molecular complexity index is 1400. The lowest BCUT2D eigenvalue weighted by molar-refractivity contribution is -0.121. The third-order valence-corrected chi connectivity index (χ3v) is 7.37. The van der Waals surface area contributed by atoms with Crippen molar-refractivity contribution in [3.63, 3.8) is 0 Å². The number of thioether (sulfide) groups is 1. The number of carbonyl (C=O) groups excluding carboxylic acids is 2. The molecule has 2 aliphatic rings. The second-order valence-corrected chi connectivity index (χ2v) is 10.1. The fourth-order valence-electron chi connectivity index (χ4n) is 4.14. The van der Waals surface area contributed by atoms with Crippen LogP contribution >= 0.6 is 23.4 Å². The summed E-state index contributed by atoms with van der Waals surface area (Å²) in [7, 11) is 1.60. The van der Waals surface area contributed by atoms with Crippen molar-refractivity contribution in [2.45, 2.75) is 24.1 Å². The van der Waals surface area contributed by atoms with Gasteiger partial charge >= 0.3 is 0 Å². The molecule has 5 rings (SSSR count). The molecule has 10 heteroatoms. The summed E-state index contributed by atoms with van der Waals surface area (Å²) in [5.41, 5.74) is 3.10. The largest absolute Gasteiger partial charge is 0.497 e. The highest BCUT2D eigenvalue weighted by atomic mass is 35.5. The van der Waals surface area contributed by atoms with E-state index in [2.05, 4.69) is 10.3 Å². The Morgan fingerprint density at radius 3 is 2.62 bits per heavy atom. The molecule has 0 aliphatic carbocycles. The molecule has 2 unspecified atom stereocenters. The van der Waals surface area contributed by atoms with E-state index >= 15 is 0 Å². The van der Waals surface area contributed by atoms with Crippen LogP contribution in [0.3, 0.4) is 0 Å². The monoisotopic (exact) mass is 536 g/mol. The van der Waals surface area contributed by atoms with Crippen LogP contribution in [0.25, 0.3) is 0 Å². The van der Waals surface area contributed by atoms with Crippen molar-refractivity contribution >= 4 is 51.7 Å². The van der Waals surface area contributed by atoms with E-state index in [0.717, 1.165) is 22.6 Å². The molecule has 2 aliphatic heterocycles. The van der Waals surface area contributed by atoms with Gasteiger partial charge in [-0.2, -0.15) is 10.1 Å². The van der Waals surface area contributed by atoms with Crippen molar-refractivity contribution < 1.29 is 18.7 Å². The molecule has 1 N–H and O–H groups in total. The second-order valence-electron chi connectivity index (χ2n) is 8.49. The summed E-state index contributed by atoms with van der Waals surface area (Å²) in [5.74, 6) is -0.316. The third kappa shape index (κ3) is 5.68. The highest BCUT2D eigenvalue weighted by Crippen LogP contribution is 2.38. The SMILES string of the molecule is COc1ccc(C2=NN(C3=NC(=O)C(CC(=O)Nc4cccc(Cl)c4)S3)C(c3ccc(F)cc3)C2)cc1. The molecular weight excluding hydrogens is 515 g/mol. The predicted molar refractivity (Wildman–Crippen MR) is 144 cm³/mol. The minimum absolute atomic E-state index is 0.0485. The van der Waals surface area contributed by atoms with Gasteiger partial charge in [0.2, 0.25) is 5.91 Å². The fourth-order valence-corrected chi connectivity index (χ4v) is 5.39. The zero-order chi connectivity index (χ0) is 25.9. The summed E-state index contributed by atoms with van der Waals surface area (Å²) in [5, 5.41) is 9.49. The maximum atomic E-state index is 13.6. The number of methoxy groups -OCH3 is 1. The number of anilines is 1. The van der Waals surface area contributed by atoms with Gasteiger partial charge in [-0.15, -0.1) is 0 Å². The van der Waals surface area contributed by atoms with Crippen LogP contribution in [0.2, 0.25) is 5.02 Å². The minimum atomic E-state index is -0.678. The van der Waals surface area contributed by atoms with Crippen LogP contribution in [0.1, 0.15) is 30.0 Å². The Balaban J connectivity index is 1.35. The highest BCUT2D eigenvalue weighted by Gasteiger charge is 2.39. The number of halogens is 2. The van der Waals surface area contributed by atoms with Crippen molar-refractivity contribution in [1.29, 1.82) is 0 Å². The van der Waals surface area contributed by atoms with Gasteiger partial charge in [-0.25, -0.2) is 9.40 Å². The maximum absolute atomic E-state index is 13.6. The van der Waals surface area contributed by atoms with Crippen LogP contribution in [0.15, 0.2) is 82.9 Å². The zero-order valence-electron chi connectivity index (χ0n) is 19.7. The molecule has 0 aromatic heterocycles. The summed E-state index contributed by atoms with van der Waals surface area (Å²) in [6, 6.07) is 20.3. The number of rotatable bonds is 6. The molecule has 7 nitrogen and oxygen atoms in total. The van der Waals surface area contributed by atoms with Gasteiger partial charge in [0.25, 0.3) is 5.91 Å². The first-order valence-corrected chi connectivity index (χ1v) is 12.8. The van der Waals surface area contributed by atoms with Gasteiger partial charge in [0.15, 0.2) is 5.17 Å². The van der Waals surface area contributed by atoms with E-state index in [0.29, 0.717) is 22.3 Å². The van der Waals surface area contributed by atoms with Gasteiger partial charge in [0.1, 0.15) is 16.8 Å². The predicted octanol–water partition coefficient (Wildman–Crippen LogP) is 5.67. The number of hydrogen-bond donors (Lipinski definition) is 1. The summed E-state index contributed by atoms with van der Waals surface area (Å²) < 4.78 is 18.9. The lowest BCUT2D eigenvalue weighted by Crippen LogP contribution is -2.25. The average molecular weight is 537 g/mol. The minimum Gasteiger partial charge on any atom is -0.497 e. The first kappa shape index (κ1) is 25.0. The quantitative estimate of drug-likeness (QED) is 0.439. The number of hydrazone groups is 1. The summed E-state index contributed by atoms with van der Waals surface area (Å²) >= 11 is 7.19. The number of nitrogens with one attached hydrogen (secondary N) is 1. The van der Waals surface area contributed by atoms with Crippen molar-refractivity contribution in [1.82, 2.24) is 5.01 Å². The number of amides is 2. The van der Waals surface area contributed by atoms with E-state index in [4.69, 9.17) is 21.4 Å². The molecule has 0 saturated heterocycles. The number of amidine groups is 1. The van der Waals surface area contributed by atoms with E-state index < -0.39 is 11.2 Å². The number of carbonyl (C=O) groups is 2. The van der Waals surface area contributed by atoms with Gasteiger partial charge in [-0.05, 0) is 65.7 Å². The van der Waals surface area contributed by atoms with Crippen LogP contribution in [0.5, 0.6) is 5.75 Å². The number of ether oxygens (including phenoxy) is 1. The number of benzene rings is 3. The number of aliphatic imine (C=N–C) groups is 1. The molecule has 2 atom stereocenters. The van der Waals surface area contributed by atoms with Crippen molar-refractivity contribution in [2.75, 3.05) is 12.4 Å². The third-order valence-electron chi connectivity index (χ3n) is 5.99. The van der Waals surface area contributed by atoms with Gasteiger partial charge in [-0.3, -0.25) is 9.59 Å². The molecule has 0 saturated carbocycles. The van der Waals surface area contributed by atoms with Crippen LogP contribution < -0.4 is 10.1 Å². The average Bonchev–Trinajstić information content (AvgIpc) is 3.48. The summed E-state index contributed by atoms with van der Waals surface area (Å²) in [4.78, 5) is 29.6. The topological polar surface area (TPSA) is 83.4 Å². The first-order chi connectivity index (χ1) is 17.9. The van der Waals surface area contributed by atoms with E-state index in [1.807, 2.05) is 24.3 Å². The van der Waals surface area contributed by atoms with Crippen LogP contribution in [0, 0.1) is 5.82 Å². The standard InChI is InChI=1S/C27H22ClFN4O3S/c1-36-21-11-7-16(8-12-21)22-14-23(17-5-9-19(29)10-6-17)33(32-22)27-31-26(35)24(37-27)15-25(34)30-20-4-2-3-18(28)13-20/h2-13,23-24H,14-15H2,1H3,(H,30,34). The van der Waals surface area contributed by atoms with Crippen molar-refractivity contribution in [3.8, 4) is 5.75 Å². The molecule has 37 heavy (non-hydrogen) atoms. The highest BCUT2D eigenvalue weighted by molar-refractivity contribution is 8.15. The molecular formula is C27H22ClFN4O3S. The van der Waals surface area contributed by atoms with Crippen LogP contribution in [-0.4, -0.2) is 40.1 Å². The molecule has 2 heterocycles. The normalized spacial score (nSPS) is 19.0. The lowest BCUT2D eigenvalue weighted by Gasteiger charge is -2.23. The Labute approximate surface area is 222 Å². The Kier molecular flexibility index (Phi) is 7.25. The molecule has 0 fully saturated rings. The van der Waals surface area contributed by atoms with Gasteiger partial charge in [0, 0.05) is 23.6 Å². The van der Waals surface area contributed by atoms with Crippen molar-refractivity contribution in [3.05, 3.63) is 94.8 Å². The molecule has 0 spiro atoms. The maximum Gasteiger partial charge on any atom is 0.262 e. The molecule has 3 aromatic rings. The van der Waals surface area contributed by atoms with E-state index in [9.17, 15) is 14.0 Å². The van der Waals surface area contributed by atoms with Crippen molar-refractivity contribution in [2.24, 2.45) is 10.1 Å². The molecule has 2 amide bonds. The Morgan fingerprint density at radius 2 is 1.92 bits per heavy atom. The molecule has 188 valence electrons. The van der Waals surface area contributed by atoms with Crippen LogP contribution in [0.4, 0.5) is 10.1 Å². The Morgan fingerprint density at radius 1 is 1.16 bits per heavy atom. The molecule has 3 aromatic carbocycles. The van der Waals surface area contributed by atoms with Crippen LogP contribution in [-0.2, 0) is 9.59 Å². The summed E-state index contributed by atoms with van der Waals surface area (Å²) in [6.07, 6.45) is 0.485. The van der Waals surface area contributed by atoms with Gasteiger partial charge in [-0.1, -0.05) is 41.6 Å². The lowest BCUT2D eigenvalue weighted by atomic mass is 9.98. The van der Waals surface area contributed by atoms with Gasteiger partial charge in [0.05, 0.1) is 18.9 Å². The number of nitrogens with zero attached hydrogens (tertiary/aromatic N) is 3. The van der Waals surface area contributed by atoms with E-state index in [1.54, 1.807) is 48.5 Å². The Hall–Kier alpha value is -3.69. The second kappa shape index (κ2) is 10.7. The first-order valence-electron chi connectivity index (χ1n) is 11.5. The molecule has 0 radical (unpaired) electrons. The smallest absolute Gasteiger partial charge is 0.262 e. The van der Waals surface area contributed by atoms with E-state index in [-0.39, 0.29) is 24.2 Å². The summed E-state index contributed by atoms with van der Waals surface area (Å²) in [6.45, 7) is 0.